The van der Waals surface area contributed by atoms with Gasteiger partial charge >= 0.3 is 0 Å². The first-order chi connectivity index (χ1) is 8.20. The maximum absolute atomic E-state index is 3.69. The Morgan fingerprint density at radius 3 is 2.76 bits per heavy atom. The highest BCUT2D eigenvalue weighted by Gasteiger charge is 2.26. The Balaban J connectivity index is 2.08. The molecular weight excluding hydrogens is 274 g/mol. The number of benzene rings is 1. The minimum atomic E-state index is 0.550. The molecule has 94 valence electrons. The molecule has 0 amide bonds. The average Bonchev–Trinajstić information content (AvgIpc) is 3.12. The van der Waals surface area contributed by atoms with E-state index in [9.17, 15) is 0 Å². The zero-order valence-electron chi connectivity index (χ0n) is 10.8. The minimum absolute atomic E-state index is 0.550. The van der Waals surface area contributed by atoms with Crippen LogP contribution in [0.25, 0.3) is 0 Å². The lowest BCUT2D eigenvalue weighted by Gasteiger charge is -2.19. The molecule has 0 radical (unpaired) electrons. The van der Waals surface area contributed by atoms with Gasteiger partial charge in [-0.1, -0.05) is 47.8 Å². The summed E-state index contributed by atoms with van der Waals surface area (Å²) in [4.78, 5) is 0. The fourth-order valence-electron chi connectivity index (χ4n) is 2.23. The van der Waals surface area contributed by atoms with Crippen molar-refractivity contribution in [1.82, 2.24) is 5.32 Å². The summed E-state index contributed by atoms with van der Waals surface area (Å²) in [7, 11) is 0. The van der Waals surface area contributed by atoms with Crippen LogP contribution in [-0.2, 0) is 0 Å². The molecule has 0 heterocycles. The fourth-order valence-corrected chi connectivity index (χ4v) is 2.47. The van der Waals surface area contributed by atoms with Crippen molar-refractivity contribution in [2.24, 2.45) is 5.92 Å². The highest BCUT2D eigenvalue weighted by Crippen LogP contribution is 2.38. The van der Waals surface area contributed by atoms with Gasteiger partial charge in [-0.25, -0.2) is 0 Å². The van der Waals surface area contributed by atoms with E-state index in [0.29, 0.717) is 6.04 Å². The van der Waals surface area contributed by atoms with Crippen LogP contribution in [0.15, 0.2) is 22.7 Å². The van der Waals surface area contributed by atoms with Crippen LogP contribution in [0.4, 0.5) is 0 Å². The molecule has 17 heavy (non-hydrogen) atoms. The molecule has 2 heteroatoms. The molecule has 1 N–H and O–H groups in total. The molecule has 0 bridgehead atoms. The highest BCUT2D eigenvalue weighted by molar-refractivity contribution is 9.10. The van der Waals surface area contributed by atoms with Crippen LogP contribution >= 0.6 is 15.9 Å². The molecule has 1 atom stereocenters. The Morgan fingerprint density at radius 1 is 1.41 bits per heavy atom. The fraction of sp³-hybridized carbons (Fsp3) is 0.600. The van der Waals surface area contributed by atoms with E-state index in [4.69, 9.17) is 0 Å². The van der Waals surface area contributed by atoms with Gasteiger partial charge in [0.25, 0.3) is 0 Å². The van der Waals surface area contributed by atoms with Crippen molar-refractivity contribution < 1.29 is 0 Å². The summed E-state index contributed by atoms with van der Waals surface area (Å²) in [5.41, 5.74) is 2.78. The van der Waals surface area contributed by atoms with Crippen molar-refractivity contribution in [3.8, 4) is 0 Å². The van der Waals surface area contributed by atoms with Gasteiger partial charge in [0.05, 0.1) is 0 Å². The van der Waals surface area contributed by atoms with Gasteiger partial charge in [0.1, 0.15) is 0 Å². The molecule has 1 unspecified atom stereocenters. The number of hydrogen-bond donors (Lipinski definition) is 1. The molecule has 2 rings (SSSR count). The first-order valence-electron chi connectivity index (χ1n) is 6.70. The van der Waals surface area contributed by atoms with Crippen molar-refractivity contribution in [1.29, 1.82) is 0 Å². The van der Waals surface area contributed by atoms with Crippen molar-refractivity contribution in [3.63, 3.8) is 0 Å². The van der Waals surface area contributed by atoms with Gasteiger partial charge in [0.2, 0.25) is 0 Å². The SMILES string of the molecule is CCCNC(CC1CC1)c1ccc(Br)c(C)c1. The second kappa shape index (κ2) is 6.01. The Morgan fingerprint density at radius 2 is 2.18 bits per heavy atom. The second-order valence-electron chi connectivity index (χ2n) is 5.19. The third-order valence-corrected chi connectivity index (χ3v) is 4.38. The zero-order chi connectivity index (χ0) is 12.3. The molecule has 0 saturated heterocycles. The first kappa shape index (κ1) is 13.1. The van der Waals surface area contributed by atoms with E-state index in [1.54, 1.807) is 0 Å². The summed E-state index contributed by atoms with van der Waals surface area (Å²) in [5, 5.41) is 3.69. The molecule has 1 nitrogen and oxygen atoms in total. The lowest BCUT2D eigenvalue weighted by Crippen LogP contribution is -2.22. The quantitative estimate of drug-likeness (QED) is 0.809. The van der Waals surface area contributed by atoms with E-state index in [1.165, 1.54) is 41.3 Å². The van der Waals surface area contributed by atoms with Crippen LogP contribution in [0.2, 0.25) is 0 Å². The van der Waals surface area contributed by atoms with Gasteiger partial charge in [0, 0.05) is 10.5 Å². The molecule has 1 aromatic carbocycles. The topological polar surface area (TPSA) is 12.0 Å². The van der Waals surface area contributed by atoms with Gasteiger partial charge in [-0.15, -0.1) is 0 Å². The van der Waals surface area contributed by atoms with E-state index in [1.807, 2.05) is 0 Å². The number of rotatable bonds is 6. The summed E-state index contributed by atoms with van der Waals surface area (Å²) >= 11 is 3.57. The molecule has 0 spiro atoms. The smallest absolute Gasteiger partial charge is 0.0322 e. The van der Waals surface area contributed by atoms with Crippen molar-refractivity contribution in [3.05, 3.63) is 33.8 Å². The van der Waals surface area contributed by atoms with Gasteiger partial charge in [0.15, 0.2) is 0 Å². The molecule has 0 aromatic heterocycles. The molecule has 1 aliphatic rings. The normalized spacial score (nSPS) is 17.1. The van der Waals surface area contributed by atoms with E-state index in [0.717, 1.165) is 12.5 Å². The van der Waals surface area contributed by atoms with Gasteiger partial charge < -0.3 is 5.32 Å². The molecule has 1 aromatic rings. The summed E-state index contributed by atoms with van der Waals surface area (Å²) in [6.07, 6.45) is 5.37. The van der Waals surface area contributed by atoms with Crippen LogP contribution in [0, 0.1) is 12.8 Å². The van der Waals surface area contributed by atoms with Crippen LogP contribution in [0.3, 0.4) is 0 Å². The Hall–Kier alpha value is -0.340. The molecule has 1 saturated carbocycles. The lowest BCUT2D eigenvalue weighted by atomic mass is 9.99. The molecule has 1 aliphatic carbocycles. The number of aryl methyl sites for hydroxylation is 1. The Bertz CT molecular complexity index is 371. The highest BCUT2D eigenvalue weighted by atomic mass is 79.9. The van der Waals surface area contributed by atoms with E-state index < -0.39 is 0 Å². The predicted molar refractivity (Wildman–Crippen MR) is 77.3 cm³/mol. The zero-order valence-corrected chi connectivity index (χ0v) is 12.4. The minimum Gasteiger partial charge on any atom is -0.310 e. The third kappa shape index (κ3) is 3.82. The summed E-state index contributed by atoms with van der Waals surface area (Å²) in [6.45, 7) is 5.52. The van der Waals surface area contributed by atoms with Crippen LogP contribution in [0.5, 0.6) is 0 Å². The number of halogens is 1. The lowest BCUT2D eigenvalue weighted by molar-refractivity contribution is 0.474. The predicted octanol–water partition coefficient (Wildman–Crippen LogP) is 4.60. The summed E-state index contributed by atoms with van der Waals surface area (Å²) in [5.74, 6) is 0.966. The van der Waals surface area contributed by atoms with Crippen LogP contribution < -0.4 is 5.32 Å². The maximum Gasteiger partial charge on any atom is 0.0322 e. The van der Waals surface area contributed by atoms with Gasteiger partial charge in [-0.2, -0.15) is 0 Å². The average molecular weight is 296 g/mol. The van der Waals surface area contributed by atoms with Crippen molar-refractivity contribution >= 4 is 15.9 Å². The standard InChI is InChI=1S/C15H22BrN/c1-3-8-17-15(10-12-4-5-12)13-6-7-14(16)11(2)9-13/h6-7,9,12,15,17H,3-5,8,10H2,1-2H3. The Labute approximate surface area is 113 Å². The van der Waals surface area contributed by atoms with Crippen molar-refractivity contribution in [2.75, 3.05) is 6.54 Å². The molecule has 0 aliphatic heterocycles. The molecule has 1 fully saturated rings. The summed E-state index contributed by atoms with van der Waals surface area (Å²) in [6, 6.07) is 7.30. The van der Waals surface area contributed by atoms with Crippen LogP contribution in [-0.4, -0.2) is 6.54 Å². The van der Waals surface area contributed by atoms with Gasteiger partial charge in [-0.05, 0) is 49.4 Å². The monoisotopic (exact) mass is 295 g/mol. The van der Waals surface area contributed by atoms with E-state index in [2.05, 4.69) is 53.3 Å². The van der Waals surface area contributed by atoms with Crippen molar-refractivity contribution in [2.45, 2.75) is 45.6 Å². The third-order valence-electron chi connectivity index (χ3n) is 3.49. The maximum atomic E-state index is 3.69. The van der Waals surface area contributed by atoms with E-state index in [-0.39, 0.29) is 0 Å². The van der Waals surface area contributed by atoms with Crippen LogP contribution in [0.1, 0.15) is 49.8 Å². The van der Waals surface area contributed by atoms with E-state index >= 15 is 0 Å². The molecular formula is C15H22BrN. The number of hydrogen-bond acceptors (Lipinski definition) is 1. The number of nitrogens with one attached hydrogen (secondary N) is 1. The summed E-state index contributed by atoms with van der Waals surface area (Å²) < 4.78 is 1.21. The second-order valence-corrected chi connectivity index (χ2v) is 6.05. The van der Waals surface area contributed by atoms with Gasteiger partial charge in [-0.3, -0.25) is 0 Å². The largest absolute Gasteiger partial charge is 0.310 e. The first-order valence-corrected chi connectivity index (χ1v) is 7.49. The Kier molecular flexibility index (Phi) is 4.63.